The van der Waals surface area contributed by atoms with Crippen molar-refractivity contribution < 1.29 is 20.3 Å². The third-order valence-corrected chi connectivity index (χ3v) is 4.20. The number of rotatable bonds is 1. The molecule has 0 atom stereocenters. The molecule has 2 heteroatoms. The quantitative estimate of drug-likeness (QED) is 0.469. The van der Waals surface area contributed by atoms with Gasteiger partial charge in [0.05, 0.1) is 0 Å². The Kier molecular flexibility index (Phi) is 4.47. The Labute approximate surface area is 85.0 Å². The standard InChI is InChI=1S/C9H16Si.Li.H/c1-7-5-9(10(3)4)6-8(7)2;;/h5-6,9-10H,1-4H3;;/q;+1;-1. The Morgan fingerprint density at radius 2 is 1.55 bits per heavy atom. The third kappa shape index (κ3) is 2.67. The first-order valence-electron chi connectivity index (χ1n) is 3.98. The van der Waals surface area contributed by atoms with Gasteiger partial charge in [0.15, 0.2) is 0 Å². The average molecular weight is 160 g/mol. The van der Waals surface area contributed by atoms with Gasteiger partial charge in [-0.05, 0) is 19.4 Å². The summed E-state index contributed by atoms with van der Waals surface area (Å²) in [6.45, 7) is 9.23. The number of hydrogen-bond acceptors (Lipinski definition) is 0. The van der Waals surface area contributed by atoms with E-state index in [2.05, 4.69) is 39.1 Å². The van der Waals surface area contributed by atoms with Gasteiger partial charge in [-0.2, -0.15) is 0 Å². The fraction of sp³-hybridized carbons (Fsp3) is 0.556. The zero-order chi connectivity index (χ0) is 7.72. The largest absolute Gasteiger partial charge is 1.00 e. The van der Waals surface area contributed by atoms with Gasteiger partial charge in [-0.1, -0.05) is 36.4 Å². The Morgan fingerprint density at radius 3 is 1.73 bits per heavy atom. The molecule has 0 N–H and O–H groups in total. The molecule has 0 heterocycles. The van der Waals surface area contributed by atoms with Crippen molar-refractivity contribution in [1.29, 1.82) is 0 Å². The summed E-state index contributed by atoms with van der Waals surface area (Å²) >= 11 is 0. The van der Waals surface area contributed by atoms with Gasteiger partial charge in [-0.3, -0.25) is 0 Å². The Morgan fingerprint density at radius 1 is 1.18 bits per heavy atom. The van der Waals surface area contributed by atoms with Crippen LogP contribution in [0, 0.1) is 0 Å². The molecule has 0 spiro atoms. The summed E-state index contributed by atoms with van der Waals surface area (Å²) in [7, 11) is -0.453. The Balaban J connectivity index is 0. The van der Waals surface area contributed by atoms with Crippen molar-refractivity contribution in [3.05, 3.63) is 23.3 Å². The van der Waals surface area contributed by atoms with E-state index in [1.807, 2.05) is 0 Å². The molecule has 0 saturated carbocycles. The molecule has 0 amide bonds. The van der Waals surface area contributed by atoms with Crippen LogP contribution in [0.1, 0.15) is 15.3 Å². The van der Waals surface area contributed by atoms with E-state index in [0.717, 1.165) is 5.54 Å². The maximum absolute atomic E-state index is 2.42. The van der Waals surface area contributed by atoms with E-state index < -0.39 is 8.80 Å². The van der Waals surface area contributed by atoms with Gasteiger partial charge in [-0.15, -0.1) is 0 Å². The molecular weight excluding hydrogens is 143 g/mol. The van der Waals surface area contributed by atoms with E-state index in [-0.39, 0.29) is 20.3 Å². The van der Waals surface area contributed by atoms with Crippen LogP contribution >= 0.6 is 0 Å². The van der Waals surface area contributed by atoms with Crippen LogP contribution in [-0.2, 0) is 0 Å². The minimum absolute atomic E-state index is 0. The monoisotopic (exact) mass is 160 g/mol. The van der Waals surface area contributed by atoms with E-state index >= 15 is 0 Å². The summed E-state index contributed by atoms with van der Waals surface area (Å²) in [5.41, 5.74) is 3.82. The summed E-state index contributed by atoms with van der Waals surface area (Å²) in [6.07, 6.45) is 4.85. The van der Waals surface area contributed by atoms with E-state index in [1.165, 1.54) is 11.1 Å². The van der Waals surface area contributed by atoms with Gasteiger partial charge in [0, 0.05) is 8.80 Å². The molecule has 0 nitrogen and oxygen atoms in total. The van der Waals surface area contributed by atoms with Crippen molar-refractivity contribution in [3.63, 3.8) is 0 Å². The predicted octanol–water partition coefficient (Wildman–Crippen LogP) is -0.134. The summed E-state index contributed by atoms with van der Waals surface area (Å²) in [6, 6.07) is 0. The van der Waals surface area contributed by atoms with Crippen LogP contribution in [-0.4, -0.2) is 8.80 Å². The van der Waals surface area contributed by atoms with E-state index in [1.54, 1.807) is 0 Å². The number of hydrogen-bond donors (Lipinski definition) is 0. The smallest absolute Gasteiger partial charge is 1.00 e. The van der Waals surface area contributed by atoms with E-state index in [9.17, 15) is 0 Å². The molecule has 0 bridgehead atoms. The van der Waals surface area contributed by atoms with Crippen LogP contribution in [0.5, 0.6) is 0 Å². The minimum atomic E-state index is -0.453. The fourth-order valence-electron chi connectivity index (χ4n) is 1.27. The zero-order valence-corrected chi connectivity index (χ0v) is 9.46. The maximum Gasteiger partial charge on any atom is 1.00 e. The fourth-order valence-corrected chi connectivity index (χ4v) is 2.62. The van der Waals surface area contributed by atoms with Crippen LogP contribution in [0.15, 0.2) is 23.3 Å². The number of allylic oxidation sites excluding steroid dienone is 4. The van der Waals surface area contributed by atoms with Crippen molar-refractivity contribution >= 4 is 8.80 Å². The van der Waals surface area contributed by atoms with Gasteiger partial charge < -0.3 is 1.43 Å². The Bertz CT molecular complexity index is 179. The summed E-state index contributed by atoms with van der Waals surface area (Å²) < 4.78 is 0. The molecule has 0 aromatic carbocycles. The van der Waals surface area contributed by atoms with Crippen molar-refractivity contribution in [2.75, 3.05) is 0 Å². The van der Waals surface area contributed by atoms with Crippen molar-refractivity contribution in [2.45, 2.75) is 32.5 Å². The average Bonchev–Trinajstić information content (AvgIpc) is 2.13. The second-order valence-electron chi connectivity index (χ2n) is 3.52. The first kappa shape index (κ1) is 11.3. The molecule has 0 unspecified atom stereocenters. The van der Waals surface area contributed by atoms with Gasteiger partial charge in [-0.25, -0.2) is 0 Å². The summed E-state index contributed by atoms with van der Waals surface area (Å²) in [4.78, 5) is 0. The Hall–Kier alpha value is 0.294. The molecule has 0 aromatic heterocycles. The predicted molar refractivity (Wildman–Crippen MR) is 51.3 cm³/mol. The molecule has 0 saturated heterocycles. The zero-order valence-electron chi connectivity index (χ0n) is 9.31. The van der Waals surface area contributed by atoms with Gasteiger partial charge >= 0.3 is 18.9 Å². The molecule has 0 aliphatic heterocycles. The van der Waals surface area contributed by atoms with Crippen LogP contribution in [0.25, 0.3) is 0 Å². The van der Waals surface area contributed by atoms with E-state index in [0.29, 0.717) is 0 Å². The van der Waals surface area contributed by atoms with Gasteiger partial charge in [0.25, 0.3) is 0 Å². The van der Waals surface area contributed by atoms with Crippen LogP contribution < -0.4 is 18.9 Å². The van der Waals surface area contributed by atoms with Gasteiger partial charge in [0.1, 0.15) is 0 Å². The SMILES string of the molecule is CC1=CC([SiH](C)C)C=C1C.[H-].[Li+]. The van der Waals surface area contributed by atoms with Crippen LogP contribution in [0.2, 0.25) is 18.6 Å². The first-order valence-corrected chi connectivity index (χ1v) is 6.96. The van der Waals surface area contributed by atoms with E-state index in [4.69, 9.17) is 0 Å². The second-order valence-corrected chi connectivity index (χ2v) is 6.78. The van der Waals surface area contributed by atoms with Crippen molar-refractivity contribution in [2.24, 2.45) is 0 Å². The molecule has 1 aliphatic carbocycles. The van der Waals surface area contributed by atoms with Crippen molar-refractivity contribution in [1.82, 2.24) is 0 Å². The normalized spacial score (nSPS) is 17.9. The molecular formula is C9H17LiSi. The van der Waals surface area contributed by atoms with Gasteiger partial charge in [0.2, 0.25) is 0 Å². The first-order chi connectivity index (χ1) is 4.61. The second kappa shape index (κ2) is 4.35. The molecule has 1 rings (SSSR count). The molecule has 58 valence electrons. The summed E-state index contributed by atoms with van der Waals surface area (Å²) in [5, 5.41) is 0. The van der Waals surface area contributed by atoms with Crippen molar-refractivity contribution in [3.8, 4) is 0 Å². The minimum Gasteiger partial charge on any atom is -1.00 e. The van der Waals surface area contributed by atoms with Crippen LogP contribution in [0.4, 0.5) is 0 Å². The molecule has 0 aromatic rings. The topological polar surface area (TPSA) is 0 Å². The maximum atomic E-state index is 2.42. The van der Waals surface area contributed by atoms with Crippen LogP contribution in [0.3, 0.4) is 0 Å². The molecule has 1 aliphatic rings. The third-order valence-electron chi connectivity index (χ3n) is 2.28. The summed E-state index contributed by atoms with van der Waals surface area (Å²) in [5.74, 6) is 0. The molecule has 11 heavy (non-hydrogen) atoms. The molecule has 0 radical (unpaired) electrons. The molecule has 0 fully saturated rings.